The first-order valence-electron chi connectivity index (χ1n) is 5.06. The Hall–Kier alpha value is -1.06. The minimum absolute atomic E-state index is 0.0345. The number of para-hydroxylation sites is 1. The molecular weight excluding hydrogens is 229 g/mol. The van der Waals surface area contributed by atoms with Crippen molar-refractivity contribution < 1.29 is 9.13 Å². The second-order valence-corrected chi connectivity index (χ2v) is 3.83. The van der Waals surface area contributed by atoms with E-state index in [-0.39, 0.29) is 24.2 Å². The molecule has 0 saturated carbocycles. The van der Waals surface area contributed by atoms with Crippen LogP contribution in [0.3, 0.4) is 0 Å². The van der Waals surface area contributed by atoms with Crippen molar-refractivity contribution in [1.82, 2.24) is 0 Å². The molecule has 0 bridgehead atoms. The lowest BCUT2D eigenvalue weighted by atomic mass is 10.1. The molecule has 1 rings (SSSR count). The Morgan fingerprint density at radius 3 is 2.94 bits per heavy atom. The largest absolute Gasteiger partial charge is 0.486 e. The lowest BCUT2D eigenvalue weighted by Gasteiger charge is -2.12. The Balaban J connectivity index is 2.85. The van der Waals surface area contributed by atoms with Gasteiger partial charge in [-0.15, -0.1) is 0 Å². The number of hydrogen-bond donors (Lipinski definition) is 1. The van der Waals surface area contributed by atoms with Crippen molar-refractivity contribution in [3.63, 3.8) is 0 Å². The lowest BCUT2D eigenvalue weighted by Crippen LogP contribution is -2.18. The second-order valence-electron chi connectivity index (χ2n) is 3.58. The minimum atomic E-state index is -0.374. The normalized spacial score (nSPS) is 13.0. The van der Waals surface area contributed by atoms with Crippen LogP contribution in [0, 0.1) is 5.82 Å². The molecule has 88 valence electrons. The van der Waals surface area contributed by atoms with E-state index >= 15 is 0 Å². The number of hydrogen-bond acceptors (Lipinski definition) is 2. The molecule has 0 heterocycles. The van der Waals surface area contributed by atoms with Gasteiger partial charge in [0, 0.05) is 11.6 Å². The predicted molar refractivity (Wildman–Crippen MR) is 64.2 cm³/mol. The van der Waals surface area contributed by atoms with E-state index < -0.39 is 0 Å². The standard InChI is InChI=1S/C12H15ClFNO/c1-9(15)8-10-4-2-5-11(14)12(10)16-7-3-6-13/h2-6,9H,7-8,15H2,1H3/b6-3+. The van der Waals surface area contributed by atoms with E-state index in [0.29, 0.717) is 6.42 Å². The summed E-state index contributed by atoms with van der Waals surface area (Å²) in [4.78, 5) is 0. The molecule has 0 radical (unpaired) electrons. The van der Waals surface area contributed by atoms with Crippen LogP contribution in [0.5, 0.6) is 5.75 Å². The average Bonchev–Trinajstić information content (AvgIpc) is 2.21. The van der Waals surface area contributed by atoms with Crippen LogP contribution in [0.1, 0.15) is 12.5 Å². The van der Waals surface area contributed by atoms with Gasteiger partial charge < -0.3 is 10.5 Å². The molecule has 1 atom stereocenters. The van der Waals surface area contributed by atoms with Gasteiger partial charge in [-0.1, -0.05) is 23.7 Å². The van der Waals surface area contributed by atoms with Crippen LogP contribution in [-0.4, -0.2) is 12.6 Å². The Kier molecular flexibility index (Phi) is 5.29. The zero-order valence-electron chi connectivity index (χ0n) is 9.12. The van der Waals surface area contributed by atoms with Crippen molar-refractivity contribution >= 4 is 11.6 Å². The van der Waals surface area contributed by atoms with E-state index in [2.05, 4.69) is 0 Å². The molecular formula is C12H15ClFNO. The number of rotatable bonds is 5. The lowest BCUT2D eigenvalue weighted by molar-refractivity contribution is 0.337. The zero-order valence-corrected chi connectivity index (χ0v) is 9.88. The topological polar surface area (TPSA) is 35.2 Å². The first-order chi connectivity index (χ1) is 7.65. The van der Waals surface area contributed by atoms with Crippen LogP contribution >= 0.6 is 11.6 Å². The first kappa shape index (κ1) is 13.0. The van der Waals surface area contributed by atoms with E-state index in [9.17, 15) is 4.39 Å². The molecule has 0 aliphatic rings. The highest BCUT2D eigenvalue weighted by atomic mass is 35.5. The van der Waals surface area contributed by atoms with Gasteiger partial charge in [0.25, 0.3) is 0 Å². The van der Waals surface area contributed by atoms with Crippen molar-refractivity contribution in [3.8, 4) is 5.75 Å². The Morgan fingerprint density at radius 2 is 2.31 bits per heavy atom. The average molecular weight is 244 g/mol. The van der Waals surface area contributed by atoms with Crippen LogP contribution in [0.4, 0.5) is 4.39 Å². The molecule has 0 aromatic heterocycles. The number of halogens is 2. The van der Waals surface area contributed by atoms with Crippen molar-refractivity contribution in [2.45, 2.75) is 19.4 Å². The van der Waals surface area contributed by atoms with Gasteiger partial charge in [0.05, 0.1) is 0 Å². The third kappa shape index (κ3) is 3.83. The van der Waals surface area contributed by atoms with Gasteiger partial charge in [-0.2, -0.15) is 0 Å². The highest BCUT2D eigenvalue weighted by Gasteiger charge is 2.10. The summed E-state index contributed by atoms with van der Waals surface area (Å²) >= 11 is 5.36. The SMILES string of the molecule is CC(N)Cc1cccc(F)c1OC/C=C/Cl. The predicted octanol–water partition coefficient (Wildman–Crippen LogP) is 2.85. The summed E-state index contributed by atoms with van der Waals surface area (Å²) in [6, 6.07) is 4.79. The molecule has 0 amide bonds. The first-order valence-corrected chi connectivity index (χ1v) is 5.49. The Morgan fingerprint density at radius 1 is 1.56 bits per heavy atom. The Labute approximate surface area is 99.9 Å². The van der Waals surface area contributed by atoms with Gasteiger partial charge in [0.15, 0.2) is 11.6 Å². The maximum Gasteiger partial charge on any atom is 0.165 e. The van der Waals surface area contributed by atoms with Crippen molar-refractivity contribution in [3.05, 3.63) is 41.2 Å². The fourth-order valence-corrected chi connectivity index (χ4v) is 1.46. The van der Waals surface area contributed by atoms with E-state index in [1.807, 2.05) is 13.0 Å². The molecule has 1 aromatic carbocycles. The number of nitrogens with two attached hydrogens (primary N) is 1. The molecule has 0 spiro atoms. The van der Waals surface area contributed by atoms with Crippen LogP contribution < -0.4 is 10.5 Å². The summed E-state index contributed by atoms with van der Waals surface area (Å²) in [6.45, 7) is 2.11. The molecule has 16 heavy (non-hydrogen) atoms. The third-order valence-corrected chi connectivity index (χ3v) is 2.18. The van der Waals surface area contributed by atoms with Gasteiger partial charge in [-0.05, 0) is 31.1 Å². The van der Waals surface area contributed by atoms with Gasteiger partial charge >= 0.3 is 0 Å². The summed E-state index contributed by atoms with van der Waals surface area (Å²) in [7, 11) is 0. The van der Waals surface area contributed by atoms with E-state index in [1.54, 1.807) is 12.1 Å². The number of ether oxygens (including phenoxy) is 1. The molecule has 0 aliphatic carbocycles. The van der Waals surface area contributed by atoms with Gasteiger partial charge in [-0.25, -0.2) is 4.39 Å². The van der Waals surface area contributed by atoms with Crippen molar-refractivity contribution in [2.75, 3.05) is 6.61 Å². The molecule has 0 aliphatic heterocycles. The fourth-order valence-electron chi connectivity index (χ4n) is 1.39. The quantitative estimate of drug-likeness (QED) is 0.863. The highest BCUT2D eigenvalue weighted by Crippen LogP contribution is 2.23. The molecule has 2 nitrogen and oxygen atoms in total. The van der Waals surface area contributed by atoms with E-state index in [4.69, 9.17) is 22.1 Å². The third-order valence-electron chi connectivity index (χ3n) is 2.00. The van der Waals surface area contributed by atoms with Gasteiger partial charge in [-0.3, -0.25) is 0 Å². The highest BCUT2D eigenvalue weighted by molar-refractivity contribution is 6.25. The fraction of sp³-hybridized carbons (Fsp3) is 0.333. The monoisotopic (exact) mass is 243 g/mol. The minimum Gasteiger partial charge on any atom is -0.486 e. The number of benzene rings is 1. The van der Waals surface area contributed by atoms with Crippen LogP contribution in [-0.2, 0) is 6.42 Å². The second kappa shape index (κ2) is 6.51. The van der Waals surface area contributed by atoms with Gasteiger partial charge in [0.1, 0.15) is 6.61 Å². The summed E-state index contributed by atoms with van der Waals surface area (Å²) in [6.07, 6.45) is 2.18. The van der Waals surface area contributed by atoms with Crippen LogP contribution in [0.15, 0.2) is 29.8 Å². The summed E-state index contributed by atoms with van der Waals surface area (Å²) in [5, 5.41) is 0. The van der Waals surface area contributed by atoms with Crippen LogP contribution in [0.25, 0.3) is 0 Å². The van der Waals surface area contributed by atoms with E-state index in [1.165, 1.54) is 11.6 Å². The van der Waals surface area contributed by atoms with Crippen molar-refractivity contribution in [1.29, 1.82) is 0 Å². The van der Waals surface area contributed by atoms with E-state index in [0.717, 1.165) is 5.56 Å². The smallest absolute Gasteiger partial charge is 0.165 e. The maximum atomic E-state index is 13.5. The van der Waals surface area contributed by atoms with Gasteiger partial charge in [0.2, 0.25) is 0 Å². The molecule has 0 fully saturated rings. The molecule has 1 aromatic rings. The maximum absolute atomic E-state index is 13.5. The van der Waals surface area contributed by atoms with Crippen molar-refractivity contribution in [2.24, 2.45) is 5.73 Å². The zero-order chi connectivity index (χ0) is 12.0. The summed E-state index contributed by atoms with van der Waals surface area (Å²) in [5.74, 6) is -0.115. The Bertz CT molecular complexity index is 366. The summed E-state index contributed by atoms with van der Waals surface area (Å²) < 4.78 is 18.8. The molecule has 2 N–H and O–H groups in total. The summed E-state index contributed by atoms with van der Waals surface area (Å²) in [5.41, 5.74) is 7.80. The van der Waals surface area contributed by atoms with Crippen LogP contribution in [0.2, 0.25) is 0 Å². The molecule has 0 saturated heterocycles. The molecule has 1 unspecified atom stereocenters. The molecule has 4 heteroatoms.